The molecule has 2 aromatic carbocycles. The molecule has 0 bridgehead atoms. The molecule has 3 aromatic rings. The van der Waals surface area contributed by atoms with Gasteiger partial charge in [-0.25, -0.2) is 0 Å². The van der Waals surface area contributed by atoms with E-state index in [2.05, 4.69) is 50.9 Å². The van der Waals surface area contributed by atoms with Crippen molar-refractivity contribution in [2.45, 2.75) is 12.8 Å². The Morgan fingerprint density at radius 3 is 2.29 bits per heavy atom. The number of aromatic nitrogens is 4. The molecule has 120 valence electrons. The zero-order valence-corrected chi connectivity index (χ0v) is 13.4. The van der Waals surface area contributed by atoms with Crippen LogP contribution in [0.4, 0.5) is 0 Å². The number of tetrazole rings is 1. The quantitative estimate of drug-likeness (QED) is 0.740. The molecule has 0 unspecified atom stereocenters. The first-order valence-corrected chi connectivity index (χ1v) is 8.27. The van der Waals surface area contributed by atoms with Crippen LogP contribution in [0.25, 0.3) is 22.9 Å². The highest BCUT2D eigenvalue weighted by Crippen LogP contribution is 2.21. The highest BCUT2D eigenvalue weighted by molar-refractivity contribution is 5.64. The lowest BCUT2D eigenvalue weighted by Crippen LogP contribution is -2.10. The molecule has 0 spiro atoms. The zero-order valence-electron chi connectivity index (χ0n) is 13.4. The van der Waals surface area contributed by atoms with Crippen molar-refractivity contribution in [1.29, 1.82) is 0 Å². The van der Waals surface area contributed by atoms with Crippen LogP contribution in [0.2, 0.25) is 0 Å². The van der Waals surface area contributed by atoms with E-state index < -0.39 is 0 Å². The second-order valence-corrected chi connectivity index (χ2v) is 5.92. The molecule has 2 heterocycles. The van der Waals surface area contributed by atoms with Crippen molar-refractivity contribution in [3.63, 3.8) is 0 Å². The van der Waals surface area contributed by atoms with Crippen molar-refractivity contribution in [1.82, 2.24) is 25.1 Å². The Morgan fingerprint density at radius 2 is 1.54 bits per heavy atom. The van der Waals surface area contributed by atoms with Crippen LogP contribution in [0.1, 0.15) is 18.7 Å². The molecule has 0 radical (unpaired) electrons. The van der Waals surface area contributed by atoms with Gasteiger partial charge in [-0.15, -0.1) is 5.10 Å². The van der Waals surface area contributed by atoms with Crippen molar-refractivity contribution in [2.75, 3.05) is 13.1 Å². The maximum Gasteiger partial charge on any atom is 0.181 e. The minimum atomic E-state index is 0.745. The van der Waals surface area contributed by atoms with Gasteiger partial charge in [0.2, 0.25) is 0 Å². The van der Waals surface area contributed by atoms with E-state index in [-0.39, 0.29) is 0 Å². The fourth-order valence-corrected chi connectivity index (χ4v) is 2.97. The van der Waals surface area contributed by atoms with E-state index in [1.54, 1.807) is 4.68 Å². The topological polar surface area (TPSA) is 46.8 Å². The Labute approximate surface area is 141 Å². The van der Waals surface area contributed by atoms with Crippen molar-refractivity contribution in [3.8, 4) is 16.8 Å². The summed E-state index contributed by atoms with van der Waals surface area (Å²) in [6, 6.07) is 18.6. The molecule has 1 fully saturated rings. The fourth-order valence-electron chi connectivity index (χ4n) is 2.97. The molecule has 1 aliphatic rings. The van der Waals surface area contributed by atoms with Crippen LogP contribution < -0.4 is 0 Å². The number of rotatable bonds is 4. The summed E-state index contributed by atoms with van der Waals surface area (Å²) >= 11 is 0. The summed E-state index contributed by atoms with van der Waals surface area (Å²) in [6.45, 7) is 2.23. The van der Waals surface area contributed by atoms with Gasteiger partial charge in [0.1, 0.15) is 0 Å². The Balaban J connectivity index is 1.57. The average molecular weight is 317 g/mol. The Bertz CT molecular complexity index is 814. The summed E-state index contributed by atoms with van der Waals surface area (Å²) in [5, 5.41) is 12.1. The van der Waals surface area contributed by atoms with E-state index in [4.69, 9.17) is 0 Å². The van der Waals surface area contributed by atoms with Gasteiger partial charge in [-0.3, -0.25) is 0 Å². The summed E-state index contributed by atoms with van der Waals surface area (Å²) in [6.07, 6.45) is 6.59. The van der Waals surface area contributed by atoms with Gasteiger partial charge < -0.3 is 4.90 Å². The van der Waals surface area contributed by atoms with Gasteiger partial charge in [0.15, 0.2) is 5.82 Å². The van der Waals surface area contributed by atoms with Gasteiger partial charge in [0.25, 0.3) is 0 Å². The van der Waals surface area contributed by atoms with Crippen molar-refractivity contribution in [3.05, 3.63) is 66.6 Å². The Kier molecular flexibility index (Phi) is 4.06. The lowest BCUT2D eigenvalue weighted by molar-refractivity contribution is 0.470. The van der Waals surface area contributed by atoms with Crippen molar-refractivity contribution < 1.29 is 0 Å². The van der Waals surface area contributed by atoms with Gasteiger partial charge in [0, 0.05) is 25.4 Å². The van der Waals surface area contributed by atoms with Crippen LogP contribution in [0, 0.1) is 0 Å². The van der Waals surface area contributed by atoms with Gasteiger partial charge in [-0.2, -0.15) is 4.68 Å². The number of hydrogen-bond acceptors (Lipinski definition) is 4. The van der Waals surface area contributed by atoms with Gasteiger partial charge in [-0.1, -0.05) is 42.5 Å². The second-order valence-electron chi connectivity index (χ2n) is 5.92. The maximum absolute atomic E-state index is 4.12. The number of benzene rings is 2. The third-order valence-electron chi connectivity index (χ3n) is 4.29. The van der Waals surface area contributed by atoms with Crippen LogP contribution in [-0.2, 0) is 0 Å². The molecule has 5 nitrogen and oxygen atoms in total. The highest BCUT2D eigenvalue weighted by atomic mass is 15.5. The minimum absolute atomic E-state index is 0.745. The third kappa shape index (κ3) is 3.06. The molecule has 0 amide bonds. The lowest BCUT2D eigenvalue weighted by atomic mass is 10.1. The highest BCUT2D eigenvalue weighted by Gasteiger charge is 2.09. The van der Waals surface area contributed by atoms with Crippen molar-refractivity contribution >= 4 is 6.08 Å². The van der Waals surface area contributed by atoms with Crippen LogP contribution in [0.5, 0.6) is 0 Å². The third-order valence-corrected chi connectivity index (χ3v) is 4.29. The summed E-state index contributed by atoms with van der Waals surface area (Å²) in [5.74, 6) is 0.745. The van der Waals surface area contributed by atoms with Crippen LogP contribution in [-0.4, -0.2) is 38.2 Å². The number of nitrogens with zero attached hydrogens (tertiary/aromatic N) is 5. The molecule has 0 aliphatic carbocycles. The van der Waals surface area contributed by atoms with E-state index in [0.29, 0.717) is 0 Å². The SMILES string of the molecule is C(=C\N1CCCC1)/c1nnnn1-c1ccc(-c2ccccc2)cc1. The molecule has 0 atom stereocenters. The molecule has 0 saturated carbocycles. The van der Waals surface area contributed by atoms with Gasteiger partial charge >= 0.3 is 0 Å². The summed E-state index contributed by atoms with van der Waals surface area (Å²) in [4.78, 5) is 2.30. The van der Waals surface area contributed by atoms with E-state index in [9.17, 15) is 0 Å². The largest absolute Gasteiger partial charge is 0.377 e. The monoisotopic (exact) mass is 317 g/mol. The molecule has 1 saturated heterocycles. The summed E-state index contributed by atoms with van der Waals surface area (Å²) in [7, 11) is 0. The molecule has 5 heteroatoms. The normalized spacial score (nSPS) is 14.6. The predicted molar refractivity (Wildman–Crippen MR) is 94.4 cm³/mol. The van der Waals surface area contributed by atoms with E-state index in [1.807, 2.05) is 36.4 Å². The lowest BCUT2D eigenvalue weighted by Gasteiger charge is -2.10. The van der Waals surface area contributed by atoms with Crippen LogP contribution in [0.3, 0.4) is 0 Å². The Hall–Kier alpha value is -2.95. The molecular formula is C19H19N5. The second kappa shape index (κ2) is 6.66. The van der Waals surface area contributed by atoms with E-state index in [1.165, 1.54) is 24.0 Å². The smallest absolute Gasteiger partial charge is 0.181 e. The van der Waals surface area contributed by atoms with Crippen LogP contribution >= 0.6 is 0 Å². The zero-order chi connectivity index (χ0) is 16.2. The summed E-state index contributed by atoms with van der Waals surface area (Å²) < 4.78 is 1.77. The maximum atomic E-state index is 4.12. The first-order chi connectivity index (χ1) is 11.9. The molecule has 4 rings (SSSR count). The fraction of sp³-hybridized carbons (Fsp3) is 0.211. The van der Waals surface area contributed by atoms with E-state index in [0.717, 1.165) is 24.6 Å². The standard InChI is InChI=1S/C19H19N5/c1-2-6-16(7-3-1)17-8-10-18(11-9-17)24-19(20-21-22-24)12-15-23-13-4-5-14-23/h1-3,6-12,15H,4-5,13-14H2/b15-12+. The predicted octanol–water partition coefficient (Wildman–Crippen LogP) is 3.40. The minimum Gasteiger partial charge on any atom is -0.377 e. The first kappa shape index (κ1) is 14.6. The molecule has 1 aromatic heterocycles. The van der Waals surface area contributed by atoms with Gasteiger partial charge in [0.05, 0.1) is 5.69 Å². The average Bonchev–Trinajstić information content (AvgIpc) is 3.32. The molecule has 24 heavy (non-hydrogen) atoms. The first-order valence-electron chi connectivity index (χ1n) is 8.27. The van der Waals surface area contributed by atoms with E-state index >= 15 is 0 Å². The number of hydrogen-bond donors (Lipinski definition) is 0. The number of likely N-dealkylation sites (tertiary alicyclic amines) is 1. The Morgan fingerprint density at radius 1 is 0.833 bits per heavy atom. The summed E-state index contributed by atoms with van der Waals surface area (Å²) in [5.41, 5.74) is 3.34. The molecule has 0 N–H and O–H groups in total. The molecular weight excluding hydrogens is 298 g/mol. The van der Waals surface area contributed by atoms with Crippen LogP contribution in [0.15, 0.2) is 60.8 Å². The van der Waals surface area contributed by atoms with Gasteiger partial charge in [-0.05, 0) is 46.5 Å². The van der Waals surface area contributed by atoms with Crippen molar-refractivity contribution in [2.24, 2.45) is 0 Å². The molecule has 1 aliphatic heterocycles.